The average Bonchev–Trinajstić information content (AvgIpc) is 3.62. The predicted octanol–water partition coefficient (Wildman–Crippen LogP) is 3.53. The van der Waals surface area contributed by atoms with E-state index < -0.39 is 0 Å². The van der Waals surface area contributed by atoms with E-state index in [1.165, 1.54) is 38.3 Å². The number of carbonyl (C=O) groups excluding carboxylic acids is 1. The molecule has 5 rings (SSSR count). The molecule has 1 atom stereocenters. The van der Waals surface area contributed by atoms with Crippen LogP contribution < -0.4 is 0 Å². The molecule has 0 bridgehead atoms. The van der Waals surface area contributed by atoms with Gasteiger partial charge in [-0.15, -0.1) is 0 Å². The quantitative estimate of drug-likeness (QED) is 0.703. The van der Waals surface area contributed by atoms with Crippen molar-refractivity contribution in [1.82, 2.24) is 14.7 Å². The first-order chi connectivity index (χ1) is 15.5. The Morgan fingerprint density at radius 1 is 1.00 bits per heavy atom. The van der Waals surface area contributed by atoms with Crippen LogP contribution in [0.3, 0.4) is 0 Å². The molecule has 1 aromatic rings. The van der Waals surface area contributed by atoms with Gasteiger partial charge in [0.15, 0.2) is 0 Å². The van der Waals surface area contributed by atoms with Gasteiger partial charge in [-0.1, -0.05) is 44.2 Å². The topological polar surface area (TPSA) is 36.0 Å². The monoisotopic (exact) mass is 439 g/mol. The number of rotatable bonds is 5. The third-order valence-electron chi connectivity index (χ3n) is 8.46. The Balaban J connectivity index is 1.16. The van der Waals surface area contributed by atoms with Gasteiger partial charge in [-0.3, -0.25) is 9.69 Å². The molecular formula is C27H41N3O2. The van der Waals surface area contributed by atoms with Crippen LogP contribution in [0.1, 0.15) is 57.9 Å². The molecule has 3 heterocycles. The highest BCUT2D eigenvalue weighted by atomic mass is 16.5. The maximum atomic E-state index is 13.4. The average molecular weight is 440 g/mol. The number of hydrogen-bond acceptors (Lipinski definition) is 4. The van der Waals surface area contributed by atoms with Gasteiger partial charge in [-0.2, -0.15) is 0 Å². The molecule has 0 N–H and O–H groups in total. The second-order valence-corrected chi connectivity index (χ2v) is 11.1. The van der Waals surface area contributed by atoms with Crippen LogP contribution in [0.25, 0.3) is 0 Å². The van der Waals surface area contributed by atoms with Gasteiger partial charge in [-0.05, 0) is 50.0 Å². The largest absolute Gasteiger partial charge is 0.375 e. The number of piperidine rings is 1. The Hall–Kier alpha value is -1.43. The second-order valence-electron chi connectivity index (χ2n) is 11.1. The second kappa shape index (κ2) is 9.08. The maximum absolute atomic E-state index is 13.4. The molecule has 4 fully saturated rings. The number of amides is 1. The van der Waals surface area contributed by atoms with Crippen LogP contribution in [0.5, 0.6) is 0 Å². The minimum Gasteiger partial charge on any atom is -0.375 e. The Morgan fingerprint density at radius 2 is 1.69 bits per heavy atom. The summed E-state index contributed by atoms with van der Waals surface area (Å²) in [5.74, 6) is 1.10. The van der Waals surface area contributed by atoms with Crippen LogP contribution in [-0.4, -0.2) is 84.7 Å². The van der Waals surface area contributed by atoms with Crippen LogP contribution in [-0.2, 0) is 14.9 Å². The van der Waals surface area contributed by atoms with Gasteiger partial charge in [0.1, 0.15) is 0 Å². The first-order valence-corrected chi connectivity index (χ1v) is 13.0. The molecule has 0 aromatic heterocycles. The molecular weight excluding hydrogens is 398 g/mol. The van der Waals surface area contributed by atoms with Crippen molar-refractivity contribution in [2.45, 2.75) is 69.4 Å². The molecule has 1 amide bonds. The Morgan fingerprint density at radius 3 is 2.31 bits per heavy atom. The molecule has 1 unspecified atom stereocenters. The van der Waals surface area contributed by atoms with Gasteiger partial charge in [0.05, 0.1) is 11.0 Å². The molecule has 32 heavy (non-hydrogen) atoms. The minimum atomic E-state index is -0.239. The Kier molecular flexibility index (Phi) is 6.34. The first kappa shape index (κ1) is 22.4. The van der Waals surface area contributed by atoms with Gasteiger partial charge in [0.2, 0.25) is 5.91 Å². The lowest BCUT2D eigenvalue weighted by atomic mass is 9.81. The van der Waals surface area contributed by atoms with Crippen molar-refractivity contribution in [2.75, 3.05) is 52.4 Å². The zero-order valence-corrected chi connectivity index (χ0v) is 20.1. The lowest BCUT2D eigenvalue weighted by Gasteiger charge is -2.50. The summed E-state index contributed by atoms with van der Waals surface area (Å²) in [5.41, 5.74) is 0.950. The molecule has 176 valence electrons. The predicted molar refractivity (Wildman–Crippen MR) is 128 cm³/mol. The van der Waals surface area contributed by atoms with Crippen molar-refractivity contribution in [1.29, 1.82) is 0 Å². The molecule has 0 radical (unpaired) electrons. The highest BCUT2D eigenvalue weighted by molar-refractivity contribution is 5.91. The summed E-state index contributed by atoms with van der Waals surface area (Å²) in [6.07, 6.45) is 6.29. The summed E-state index contributed by atoms with van der Waals surface area (Å²) in [6.45, 7) is 13.2. The molecule has 1 aliphatic carbocycles. The van der Waals surface area contributed by atoms with Crippen molar-refractivity contribution < 1.29 is 9.53 Å². The zero-order chi connectivity index (χ0) is 22.2. The SMILES string of the molecule is CC(C)CN1CCN(C2CCOC3(CCN(C(=O)C4(c5ccccc5)CC4)CC3)C2)CC1. The molecule has 1 spiro atoms. The van der Waals surface area contributed by atoms with E-state index in [1.54, 1.807) is 0 Å². The van der Waals surface area contributed by atoms with Crippen molar-refractivity contribution in [3.05, 3.63) is 35.9 Å². The van der Waals surface area contributed by atoms with Crippen LogP contribution in [0, 0.1) is 5.92 Å². The van der Waals surface area contributed by atoms with Crippen LogP contribution in [0.2, 0.25) is 0 Å². The minimum absolute atomic E-state index is 0.0157. The number of likely N-dealkylation sites (tertiary alicyclic amines) is 1. The standard InChI is InChI=1S/C27H41N3O2/c1-22(2)21-28-15-17-29(18-16-28)24-8-19-32-26(20-24)11-13-30(14-12-26)25(31)27(9-10-27)23-6-4-3-5-7-23/h3-7,22,24H,8-21H2,1-2H3. The van der Waals surface area contributed by atoms with Crippen molar-refractivity contribution in [3.63, 3.8) is 0 Å². The van der Waals surface area contributed by atoms with E-state index in [2.05, 4.69) is 52.8 Å². The Labute approximate surface area is 194 Å². The summed E-state index contributed by atoms with van der Waals surface area (Å²) in [6, 6.07) is 11.1. The van der Waals surface area contributed by atoms with Gasteiger partial charge in [-0.25, -0.2) is 0 Å². The molecule has 3 aliphatic heterocycles. The smallest absolute Gasteiger partial charge is 0.233 e. The van der Waals surface area contributed by atoms with Crippen molar-refractivity contribution >= 4 is 5.91 Å². The zero-order valence-electron chi connectivity index (χ0n) is 20.1. The first-order valence-electron chi connectivity index (χ1n) is 13.0. The van der Waals surface area contributed by atoms with E-state index in [4.69, 9.17) is 4.74 Å². The number of benzene rings is 1. The number of hydrogen-bond donors (Lipinski definition) is 0. The van der Waals surface area contributed by atoms with E-state index in [9.17, 15) is 4.79 Å². The number of nitrogens with zero attached hydrogens (tertiary/aromatic N) is 3. The highest BCUT2D eigenvalue weighted by Gasteiger charge is 2.54. The lowest BCUT2D eigenvalue weighted by molar-refractivity contribution is -0.152. The summed E-state index contributed by atoms with van der Waals surface area (Å²) in [5, 5.41) is 0. The van der Waals surface area contributed by atoms with Gasteiger partial charge in [0.25, 0.3) is 0 Å². The molecule has 3 saturated heterocycles. The van der Waals surface area contributed by atoms with Crippen molar-refractivity contribution in [3.8, 4) is 0 Å². The van der Waals surface area contributed by atoms with E-state index in [-0.39, 0.29) is 11.0 Å². The third kappa shape index (κ3) is 4.49. The van der Waals surface area contributed by atoms with E-state index in [0.29, 0.717) is 11.9 Å². The fraction of sp³-hybridized carbons (Fsp3) is 0.741. The fourth-order valence-corrected chi connectivity index (χ4v) is 6.42. The van der Waals surface area contributed by atoms with Gasteiger partial charge >= 0.3 is 0 Å². The Bertz CT molecular complexity index is 775. The van der Waals surface area contributed by atoms with Gasteiger partial charge in [0, 0.05) is 58.5 Å². The number of piperazine rings is 1. The van der Waals surface area contributed by atoms with E-state index in [0.717, 1.165) is 64.1 Å². The number of carbonyl (C=O) groups is 1. The molecule has 5 heteroatoms. The summed E-state index contributed by atoms with van der Waals surface area (Å²) in [4.78, 5) is 20.9. The maximum Gasteiger partial charge on any atom is 0.233 e. The lowest BCUT2D eigenvalue weighted by Crippen LogP contribution is -2.58. The highest BCUT2D eigenvalue weighted by Crippen LogP contribution is 2.50. The molecule has 4 aliphatic rings. The van der Waals surface area contributed by atoms with E-state index >= 15 is 0 Å². The van der Waals surface area contributed by atoms with Crippen molar-refractivity contribution in [2.24, 2.45) is 5.92 Å². The van der Waals surface area contributed by atoms with Crippen LogP contribution in [0.15, 0.2) is 30.3 Å². The normalized spacial score (nSPS) is 28.2. The summed E-state index contributed by atoms with van der Waals surface area (Å²) in [7, 11) is 0. The summed E-state index contributed by atoms with van der Waals surface area (Å²) >= 11 is 0. The molecule has 1 aromatic carbocycles. The van der Waals surface area contributed by atoms with Crippen LogP contribution >= 0.6 is 0 Å². The fourth-order valence-electron chi connectivity index (χ4n) is 6.42. The van der Waals surface area contributed by atoms with Crippen LogP contribution in [0.4, 0.5) is 0 Å². The number of ether oxygens (including phenoxy) is 1. The summed E-state index contributed by atoms with van der Waals surface area (Å²) < 4.78 is 6.44. The third-order valence-corrected chi connectivity index (χ3v) is 8.46. The van der Waals surface area contributed by atoms with Gasteiger partial charge < -0.3 is 14.5 Å². The van der Waals surface area contributed by atoms with E-state index in [1.807, 2.05) is 6.07 Å². The molecule has 1 saturated carbocycles. The molecule has 5 nitrogen and oxygen atoms in total.